The topological polar surface area (TPSA) is 123 Å². The maximum Gasteiger partial charge on any atom is 0.267 e. The molecule has 8 heteroatoms. The number of primary amides is 1. The van der Waals surface area contributed by atoms with Crippen molar-refractivity contribution in [3.8, 4) is 17.3 Å². The third kappa shape index (κ3) is 2.89. The van der Waals surface area contributed by atoms with Gasteiger partial charge in [0.05, 0.1) is 0 Å². The van der Waals surface area contributed by atoms with Crippen LogP contribution in [0.3, 0.4) is 0 Å². The van der Waals surface area contributed by atoms with Crippen molar-refractivity contribution in [1.29, 1.82) is 0 Å². The molecule has 8 nitrogen and oxygen atoms in total. The lowest BCUT2D eigenvalue weighted by Gasteiger charge is -2.12. The van der Waals surface area contributed by atoms with Crippen LogP contribution in [0.15, 0.2) is 36.5 Å². The van der Waals surface area contributed by atoms with Crippen molar-refractivity contribution in [3.05, 3.63) is 42.2 Å². The van der Waals surface area contributed by atoms with E-state index in [0.29, 0.717) is 18.8 Å². The summed E-state index contributed by atoms with van der Waals surface area (Å²) in [4.78, 5) is 35.0. The zero-order valence-electron chi connectivity index (χ0n) is 13.2. The summed E-state index contributed by atoms with van der Waals surface area (Å²) in [6, 6.07) is 8.92. The molecule has 0 bridgehead atoms. The summed E-state index contributed by atoms with van der Waals surface area (Å²) in [6.45, 7) is 0.550. The number of amides is 2. The molecule has 25 heavy (non-hydrogen) atoms. The summed E-state index contributed by atoms with van der Waals surface area (Å²) in [5.41, 5.74) is 7.10. The minimum Gasteiger partial charge on any atom is -0.464 e. The number of carbonyl (C=O) groups excluding carboxylic acids is 2. The highest BCUT2D eigenvalue weighted by atomic mass is 16.5. The highest BCUT2D eigenvalue weighted by Crippen LogP contribution is 2.24. The van der Waals surface area contributed by atoms with Gasteiger partial charge in [0, 0.05) is 41.7 Å². The number of hydrogen-bond acceptors (Lipinski definition) is 5. The van der Waals surface area contributed by atoms with Gasteiger partial charge in [0.2, 0.25) is 5.88 Å². The van der Waals surface area contributed by atoms with Crippen LogP contribution in [0.4, 0.5) is 0 Å². The summed E-state index contributed by atoms with van der Waals surface area (Å²) in [5, 5.41) is 3.68. The number of aromatic amines is 1. The van der Waals surface area contributed by atoms with Crippen LogP contribution in [-0.4, -0.2) is 39.4 Å². The number of hydrogen-bond donors (Lipinski definition) is 3. The third-order valence-electron chi connectivity index (χ3n) is 4.03. The quantitative estimate of drug-likeness (QED) is 0.655. The van der Waals surface area contributed by atoms with Gasteiger partial charge in [-0.25, -0.2) is 4.98 Å². The van der Waals surface area contributed by atoms with Crippen molar-refractivity contribution >= 4 is 22.7 Å². The van der Waals surface area contributed by atoms with Gasteiger partial charge < -0.3 is 20.8 Å². The van der Waals surface area contributed by atoms with E-state index in [0.717, 1.165) is 16.5 Å². The van der Waals surface area contributed by atoms with Gasteiger partial charge in [-0.2, -0.15) is 4.98 Å². The molecule has 2 aromatic heterocycles. The maximum atomic E-state index is 11.7. The van der Waals surface area contributed by atoms with Crippen LogP contribution >= 0.6 is 0 Å². The second kappa shape index (κ2) is 5.90. The average molecular weight is 337 g/mol. The first-order chi connectivity index (χ1) is 12.1. The minimum absolute atomic E-state index is 0.0348. The Hall–Kier alpha value is -3.42. The number of nitrogens with zero attached hydrogens (tertiary/aromatic N) is 2. The van der Waals surface area contributed by atoms with Crippen molar-refractivity contribution in [2.75, 3.05) is 6.54 Å². The van der Waals surface area contributed by atoms with Gasteiger partial charge in [0.25, 0.3) is 11.8 Å². The summed E-state index contributed by atoms with van der Waals surface area (Å²) in [7, 11) is 0. The van der Waals surface area contributed by atoms with E-state index in [9.17, 15) is 9.59 Å². The van der Waals surface area contributed by atoms with E-state index in [-0.39, 0.29) is 17.5 Å². The van der Waals surface area contributed by atoms with E-state index in [1.807, 2.05) is 30.5 Å². The largest absolute Gasteiger partial charge is 0.464 e. The SMILES string of the molecule is NC(=O)c1cc(OC2CCNC2=O)nc(-c2ccc3[nH]ccc3c2)n1. The molecule has 1 aliphatic heterocycles. The van der Waals surface area contributed by atoms with Gasteiger partial charge in [0.1, 0.15) is 5.69 Å². The Morgan fingerprint density at radius 3 is 2.88 bits per heavy atom. The summed E-state index contributed by atoms with van der Waals surface area (Å²) in [6.07, 6.45) is 1.75. The summed E-state index contributed by atoms with van der Waals surface area (Å²) < 4.78 is 5.64. The Morgan fingerprint density at radius 2 is 2.12 bits per heavy atom. The number of aromatic nitrogens is 3. The summed E-state index contributed by atoms with van der Waals surface area (Å²) in [5.74, 6) is -0.426. The lowest BCUT2D eigenvalue weighted by atomic mass is 10.1. The van der Waals surface area contributed by atoms with Crippen LogP contribution in [-0.2, 0) is 4.79 Å². The molecule has 0 aliphatic carbocycles. The van der Waals surface area contributed by atoms with Gasteiger partial charge >= 0.3 is 0 Å². The monoisotopic (exact) mass is 337 g/mol. The molecule has 1 saturated heterocycles. The highest BCUT2D eigenvalue weighted by Gasteiger charge is 2.27. The van der Waals surface area contributed by atoms with Crippen LogP contribution < -0.4 is 15.8 Å². The molecule has 1 aromatic carbocycles. The first-order valence-corrected chi connectivity index (χ1v) is 7.81. The molecule has 126 valence electrons. The molecule has 0 spiro atoms. The van der Waals surface area contributed by atoms with Crippen LogP contribution in [0, 0.1) is 0 Å². The second-order valence-electron chi connectivity index (χ2n) is 5.75. The molecule has 2 amide bonds. The Morgan fingerprint density at radius 1 is 1.24 bits per heavy atom. The van der Waals surface area contributed by atoms with Crippen LogP contribution in [0.2, 0.25) is 0 Å². The number of H-pyrrole nitrogens is 1. The van der Waals surface area contributed by atoms with Crippen LogP contribution in [0.25, 0.3) is 22.3 Å². The lowest BCUT2D eigenvalue weighted by molar-refractivity contribution is -0.125. The average Bonchev–Trinajstić information content (AvgIpc) is 3.23. The van der Waals surface area contributed by atoms with Crippen LogP contribution in [0.5, 0.6) is 5.88 Å². The van der Waals surface area contributed by atoms with E-state index in [4.69, 9.17) is 10.5 Å². The summed E-state index contributed by atoms with van der Waals surface area (Å²) >= 11 is 0. The zero-order valence-corrected chi connectivity index (χ0v) is 13.2. The molecule has 1 atom stereocenters. The first-order valence-electron chi connectivity index (χ1n) is 7.81. The molecule has 3 heterocycles. The number of ether oxygens (including phenoxy) is 1. The Kier molecular flexibility index (Phi) is 3.57. The molecule has 0 radical (unpaired) electrons. The molecule has 1 fully saturated rings. The number of nitrogens with two attached hydrogens (primary N) is 1. The number of carbonyl (C=O) groups is 2. The van der Waals surface area contributed by atoms with E-state index >= 15 is 0 Å². The molecular weight excluding hydrogens is 322 g/mol. The van der Waals surface area contributed by atoms with Crippen molar-refractivity contribution in [3.63, 3.8) is 0 Å². The fourth-order valence-corrected chi connectivity index (χ4v) is 2.76. The molecule has 1 unspecified atom stereocenters. The smallest absolute Gasteiger partial charge is 0.267 e. The number of nitrogens with one attached hydrogen (secondary N) is 2. The van der Waals surface area contributed by atoms with Crippen molar-refractivity contribution in [2.45, 2.75) is 12.5 Å². The molecule has 4 rings (SSSR count). The molecule has 4 N–H and O–H groups in total. The fourth-order valence-electron chi connectivity index (χ4n) is 2.76. The Labute approximate surface area is 142 Å². The number of benzene rings is 1. The predicted octanol–water partition coefficient (Wildman–Crippen LogP) is 0.991. The van der Waals surface area contributed by atoms with Crippen LogP contribution in [0.1, 0.15) is 16.9 Å². The van der Waals surface area contributed by atoms with E-state index in [2.05, 4.69) is 20.3 Å². The highest BCUT2D eigenvalue weighted by molar-refractivity contribution is 5.92. The standard InChI is InChI=1S/C17H15N5O3/c18-15(23)12-8-14(25-13-4-6-20-17(13)24)22-16(21-12)10-1-2-11-9(7-10)3-5-19-11/h1-3,5,7-8,13,19H,4,6H2,(H2,18,23)(H,20,24). The normalized spacial score (nSPS) is 16.8. The Balaban J connectivity index is 1.75. The van der Waals surface area contributed by atoms with E-state index in [1.165, 1.54) is 6.07 Å². The predicted molar refractivity (Wildman–Crippen MR) is 89.9 cm³/mol. The van der Waals surface area contributed by atoms with Crippen molar-refractivity contribution in [2.24, 2.45) is 5.73 Å². The Bertz CT molecular complexity index is 981. The minimum atomic E-state index is -0.688. The molecule has 1 aliphatic rings. The van der Waals surface area contributed by atoms with Crippen molar-refractivity contribution < 1.29 is 14.3 Å². The lowest BCUT2D eigenvalue weighted by Crippen LogP contribution is -2.28. The number of fused-ring (bicyclic) bond motifs is 1. The van der Waals surface area contributed by atoms with Gasteiger partial charge in [-0.3, -0.25) is 9.59 Å². The third-order valence-corrected chi connectivity index (χ3v) is 4.03. The second-order valence-corrected chi connectivity index (χ2v) is 5.75. The van der Waals surface area contributed by atoms with Gasteiger partial charge in [-0.15, -0.1) is 0 Å². The molecular formula is C17H15N5O3. The van der Waals surface area contributed by atoms with E-state index in [1.54, 1.807) is 0 Å². The van der Waals surface area contributed by atoms with E-state index < -0.39 is 12.0 Å². The first kappa shape index (κ1) is 15.1. The van der Waals surface area contributed by atoms with Crippen molar-refractivity contribution in [1.82, 2.24) is 20.3 Å². The zero-order chi connectivity index (χ0) is 17.4. The number of rotatable bonds is 4. The van der Waals surface area contributed by atoms with Gasteiger partial charge in [-0.1, -0.05) is 0 Å². The van der Waals surface area contributed by atoms with Gasteiger partial charge in [0.15, 0.2) is 11.9 Å². The maximum absolute atomic E-state index is 11.7. The van der Waals surface area contributed by atoms with Gasteiger partial charge in [-0.05, 0) is 24.3 Å². The molecule has 0 saturated carbocycles. The molecule has 3 aromatic rings. The fraction of sp³-hybridized carbons (Fsp3) is 0.176.